The Balaban J connectivity index is 2.41. The first-order valence-electron chi connectivity index (χ1n) is 8.05. The van der Waals surface area contributed by atoms with Crippen LogP contribution in [0.4, 0.5) is 0 Å². The third-order valence-corrected chi connectivity index (χ3v) is 4.67. The van der Waals surface area contributed by atoms with Crippen LogP contribution in [0.15, 0.2) is 4.99 Å². The zero-order valence-corrected chi connectivity index (χ0v) is 13.5. The van der Waals surface area contributed by atoms with Gasteiger partial charge in [0.15, 0.2) is 0 Å². The second-order valence-electron chi connectivity index (χ2n) is 5.59. The van der Waals surface area contributed by atoms with Gasteiger partial charge in [0.1, 0.15) is 0 Å². The molecular formula is C15H32N4O. The summed E-state index contributed by atoms with van der Waals surface area (Å²) in [4.78, 5) is 6.85. The van der Waals surface area contributed by atoms with E-state index in [1.807, 2.05) is 6.92 Å². The van der Waals surface area contributed by atoms with Gasteiger partial charge in [-0.3, -0.25) is 10.4 Å². The van der Waals surface area contributed by atoms with E-state index >= 15 is 0 Å². The van der Waals surface area contributed by atoms with Crippen molar-refractivity contribution in [2.45, 2.75) is 52.9 Å². The Hall–Kier alpha value is -0.810. The number of hydrogen-bond acceptors (Lipinski definition) is 3. The Bertz CT molecular complexity index is 280. The molecule has 0 spiro atoms. The van der Waals surface area contributed by atoms with Gasteiger partial charge < -0.3 is 9.64 Å². The van der Waals surface area contributed by atoms with Gasteiger partial charge in [0.25, 0.3) is 0 Å². The predicted molar refractivity (Wildman–Crippen MR) is 84.6 cm³/mol. The van der Waals surface area contributed by atoms with Gasteiger partial charge in [-0.25, -0.2) is 5.84 Å². The largest absolute Gasteiger partial charge is 0.382 e. The maximum absolute atomic E-state index is 5.62. The number of hydrogen-bond donors (Lipinski definition) is 2. The van der Waals surface area contributed by atoms with Gasteiger partial charge in [-0.15, -0.1) is 0 Å². The van der Waals surface area contributed by atoms with E-state index in [1.54, 1.807) is 0 Å². The number of ether oxygens (including phenoxy) is 1. The number of aliphatic imine (C=N–C) groups is 1. The lowest BCUT2D eigenvalue weighted by molar-refractivity contribution is 0.133. The van der Waals surface area contributed by atoms with Crippen molar-refractivity contribution in [2.24, 2.45) is 16.3 Å². The van der Waals surface area contributed by atoms with E-state index < -0.39 is 0 Å². The van der Waals surface area contributed by atoms with Crippen molar-refractivity contribution in [3.63, 3.8) is 0 Å². The number of nitrogens with zero attached hydrogens (tertiary/aromatic N) is 2. The standard InChI is InChI=1S/C15H32N4O/c1-4-15(5-2)8-11-19(12-9-15)14(18-16)17-10-7-13-20-6-3/h4-13,16H2,1-3H3,(H,17,18). The molecule has 1 aliphatic heterocycles. The van der Waals surface area contributed by atoms with Crippen LogP contribution in [-0.4, -0.2) is 43.7 Å². The van der Waals surface area contributed by atoms with Gasteiger partial charge in [-0.1, -0.05) is 26.7 Å². The minimum absolute atomic E-state index is 0.533. The maximum atomic E-state index is 5.62. The van der Waals surface area contributed by atoms with Crippen LogP contribution in [0.1, 0.15) is 52.9 Å². The molecule has 1 fully saturated rings. The Morgan fingerprint density at radius 3 is 2.40 bits per heavy atom. The molecule has 5 nitrogen and oxygen atoms in total. The predicted octanol–water partition coefficient (Wildman–Crippen LogP) is 2.13. The maximum Gasteiger partial charge on any atom is 0.208 e. The van der Waals surface area contributed by atoms with Crippen molar-refractivity contribution in [2.75, 3.05) is 32.8 Å². The average Bonchev–Trinajstić information content (AvgIpc) is 2.51. The Morgan fingerprint density at radius 2 is 1.90 bits per heavy atom. The molecule has 0 amide bonds. The Labute approximate surface area is 123 Å². The lowest BCUT2D eigenvalue weighted by Crippen LogP contribution is -2.50. The van der Waals surface area contributed by atoms with E-state index in [0.29, 0.717) is 5.41 Å². The quantitative estimate of drug-likeness (QED) is 0.247. The highest BCUT2D eigenvalue weighted by Crippen LogP contribution is 2.37. The summed E-state index contributed by atoms with van der Waals surface area (Å²) in [6, 6.07) is 0. The van der Waals surface area contributed by atoms with E-state index in [-0.39, 0.29) is 0 Å². The number of rotatable bonds is 7. The van der Waals surface area contributed by atoms with Gasteiger partial charge in [0.05, 0.1) is 0 Å². The summed E-state index contributed by atoms with van der Waals surface area (Å²) < 4.78 is 5.32. The van der Waals surface area contributed by atoms with Crippen LogP contribution in [0.5, 0.6) is 0 Å². The molecule has 0 saturated carbocycles. The highest BCUT2D eigenvalue weighted by atomic mass is 16.5. The summed E-state index contributed by atoms with van der Waals surface area (Å²) in [5.74, 6) is 6.46. The molecule has 1 aliphatic rings. The fraction of sp³-hybridized carbons (Fsp3) is 0.933. The SMILES string of the molecule is CCOCCCN=C(NN)N1CCC(CC)(CC)CC1. The second-order valence-corrected chi connectivity index (χ2v) is 5.59. The molecule has 1 heterocycles. The number of nitrogens with one attached hydrogen (secondary N) is 1. The Kier molecular flexibility index (Phi) is 7.92. The zero-order valence-electron chi connectivity index (χ0n) is 13.5. The molecule has 0 atom stereocenters. The average molecular weight is 284 g/mol. The van der Waals surface area contributed by atoms with Crippen LogP contribution in [0.2, 0.25) is 0 Å². The minimum Gasteiger partial charge on any atom is -0.382 e. The molecule has 0 aromatic heterocycles. The molecule has 0 aliphatic carbocycles. The summed E-state index contributed by atoms with van der Waals surface area (Å²) in [6.07, 6.45) is 5.96. The fourth-order valence-corrected chi connectivity index (χ4v) is 2.88. The highest BCUT2D eigenvalue weighted by Gasteiger charge is 2.32. The summed E-state index contributed by atoms with van der Waals surface area (Å²) in [5, 5.41) is 0. The lowest BCUT2D eigenvalue weighted by Gasteiger charge is -2.41. The number of nitrogens with two attached hydrogens (primary N) is 1. The summed E-state index contributed by atoms with van der Waals surface area (Å²) in [5.41, 5.74) is 3.29. The van der Waals surface area contributed by atoms with E-state index in [1.165, 1.54) is 25.7 Å². The second kappa shape index (κ2) is 9.19. The van der Waals surface area contributed by atoms with E-state index in [0.717, 1.165) is 45.2 Å². The van der Waals surface area contributed by atoms with Crippen LogP contribution in [-0.2, 0) is 4.74 Å². The van der Waals surface area contributed by atoms with Gasteiger partial charge >= 0.3 is 0 Å². The van der Waals surface area contributed by atoms with Crippen LogP contribution in [0.3, 0.4) is 0 Å². The van der Waals surface area contributed by atoms with E-state index in [4.69, 9.17) is 10.6 Å². The summed E-state index contributed by atoms with van der Waals surface area (Å²) >= 11 is 0. The van der Waals surface area contributed by atoms with Gasteiger partial charge in [-0.05, 0) is 31.6 Å². The molecule has 5 heteroatoms. The van der Waals surface area contributed by atoms with Crippen LogP contribution in [0, 0.1) is 5.41 Å². The number of hydrazine groups is 1. The minimum atomic E-state index is 0.533. The number of piperidine rings is 1. The van der Waals surface area contributed by atoms with Crippen LogP contribution < -0.4 is 11.3 Å². The normalized spacial score (nSPS) is 19.2. The monoisotopic (exact) mass is 284 g/mol. The molecule has 3 N–H and O–H groups in total. The summed E-state index contributed by atoms with van der Waals surface area (Å²) in [6.45, 7) is 11.0. The number of likely N-dealkylation sites (tertiary alicyclic amines) is 1. The van der Waals surface area contributed by atoms with Crippen molar-refractivity contribution < 1.29 is 4.74 Å². The number of guanidine groups is 1. The Morgan fingerprint density at radius 1 is 1.25 bits per heavy atom. The van der Waals surface area contributed by atoms with Crippen LogP contribution >= 0.6 is 0 Å². The lowest BCUT2D eigenvalue weighted by atomic mass is 9.74. The molecule has 0 radical (unpaired) electrons. The fourth-order valence-electron chi connectivity index (χ4n) is 2.88. The molecule has 0 unspecified atom stereocenters. The van der Waals surface area contributed by atoms with E-state index in [9.17, 15) is 0 Å². The van der Waals surface area contributed by atoms with Gasteiger partial charge in [-0.2, -0.15) is 0 Å². The van der Waals surface area contributed by atoms with Crippen molar-refractivity contribution in [1.29, 1.82) is 0 Å². The first kappa shape index (κ1) is 17.2. The molecule has 20 heavy (non-hydrogen) atoms. The van der Waals surface area contributed by atoms with Crippen molar-refractivity contribution >= 4 is 5.96 Å². The smallest absolute Gasteiger partial charge is 0.208 e. The molecule has 118 valence electrons. The first-order chi connectivity index (χ1) is 9.71. The molecule has 1 saturated heterocycles. The molecule has 0 bridgehead atoms. The molecular weight excluding hydrogens is 252 g/mol. The van der Waals surface area contributed by atoms with Crippen molar-refractivity contribution in [3.8, 4) is 0 Å². The molecule has 0 aromatic carbocycles. The van der Waals surface area contributed by atoms with Gasteiger partial charge in [0, 0.05) is 32.8 Å². The van der Waals surface area contributed by atoms with E-state index in [2.05, 4.69) is 29.2 Å². The van der Waals surface area contributed by atoms with Crippen molar-refractivity contribution in [3.05, 3.63) is 0 Å². The van der Waals surface area contributed by atoms with Crippen molar-refractivity contribution in [1.82, 2.24) is 10.3 Å². The third-order valence-electron chi connectivity index (χ3n) is 4.67. The molecule has 1 rings (SSSR count). The van der Waals surface area contributed by atoms with Gasteiger partial charge in [0.2, 0.25) is 5.96 Å². The molecule has 0 aromatic rings. The first-order valence-corrected chi connectivity index (χ1v) is 8.05. The third kappa shape index (κ3) is 4.94. The topological polar surface area (TPSA) is 62.9 Å². The zero-order chi connectivity index (χ0) is 14.8. The van der Waals surface area contributed by atoms with Crippen LogP contribution in [0.25, 0.3) is 0 Å². The summed E-state index contributed by atoms with van der Waals surface area (Å²) in [7, 11) is 0. The highest BCUT2D eigenvalue weighted by molar-refractivity contribution is 5.79.